The molecule has 5 heterocycles. The number of allylic oxidation sites excluding steroid dienone is 1. The van der Waals surface area contributed by atoms with Crippen molar-refractivity contribution in [1.29, 1.82) is 0 Å². The SMILES string of the molecule is C=CC=O.CN1CC(N2CCC(c3ccc4c(c3)OCc3c(N5CCOCC5)ccnc3N4)CC2)C1. The molecule has 2 aromatic rings. The molecule has 0 saturated carbocycles. The molecule has 0 radical (unpaired) electrons. The van der Waals surface area contributed by atoms with Gasteiger partial charge in [0.2, 0.25) is 0 Å². The fourth-order valence-electron chi connectivity index (χ4n) is 5.62. The third kappa shape index (κ3) is 5.40. The lowest BCUT2D eigenvalue weighted by Crippen LogP contribution is -2.59. The third-order valence-electron chi connectivity index (χ3n) is 7.67. The van der Waals surface area contributed by atoms with Crippen LogP contribution < -0.4 is 15.0 Å². The van der Waals surface area contributed by atoms with E-state index in [4.69, 9.17) is 14.3 Å². The first-order valence-corrected chi connectivity index (χ1v) is 13.0. The number of nitrogens with one attached hydrogen (secondary N) is 1. The third-order valence-corrected chi connectivity index (χ3v) is 7.67. The number of aldehydes is 1. The predicted molar refractivity (Wildman–Crippen MR) is 142 cm³/mol. The summed E-state index contributed by atoms with van der Waals surface area (Å²) in [7, 11) is 2.21. The minimum absolute atomic E-state index is 0.535. The number of benzene rings is 1. The molecule has 4 aliphatic heterocycles. The molecule has 0 amide bonds. The Balaban J connectivity index is 0.000000623. The molecule has 0 spiro atoms. The van der Waals surface area contributed by atoms with E-state index >= 15 is 0 Å². The van der Waals surface area contributed by atoms with E-state index in [0.29, 0.717) is 18.8 Å². The van der Waals surface area contributed by atoms with Gasteiger partial charge in [-0.3, -0.25) is 9.69 Å². The Bertz CT molecular complexity index is 1050. The van der Waals surface area contributed by atoms with Crippen molar-refractivity contribution in [3.63, 3.8) is 0 Å². The van der Waals surface area contributed by atoms with Gasteiger partial charge in [0.25, 0.3) is 0 Å². The number of aromatic nitrogens is 1. The first kappa shape index (κ1) is 24.7. The summed E-state index contributed by atoms with van der Waals surface area (Å²) >= 11 is 0. The number of ether oxygens (including phenoxy) is 2. The summed E-state index contributed by atoms with van der Waals surface area (Å²) in [5.41, 5.74) is 4.75. The smallest absolute Gasteiger partial charge is 0.143 e. The molecular formula is C28H37N5O3. The Morgan fingerprint density at radius 1 is 1.11 bits per heavy atom. The topological polar surface area (TPSA) is 70.2 Å². The number of rotatable bonds is 4. The fourth-order valence-corrected chi connectivity index (χ4v) is 5.62. The summed E-state index contributed by atoms with van der Waals surface area (Å²) in [4.78, 5) is 21.2. The minimum Gasteiger partial charge on any atom is -0.486 e. The van der Waals surface area contributed by atoms with Gasteiger partial charge in [-0.2, -0.15) is 0 Å². The first-order chi connectivity index (χ1) is 17.7. The quantitative estimate of drug-likeness (QED) is 0.516. The zero-order valence-corrected chi connectivity index (χ0v) is 21.2. The summed E-state index contributed by atoms with van der Waals surface area (Å²) in [5, 5.41) is 3.55. The number of anilines is 3. The Kier molecular flexibility index (Phi) is 7.84. The van der Waals surface area contributed by atoms with Gasteiger partial charge >= 0.3 is 0 Å². The molecule has 4 aliphatic rings. The molecule has 8 nitrogen and oxygen atoms in total. The van der Waals surface area contributed by atoms with Gasteiger partial charge in [0.05, 0.1) is 24.5 Å². The van der Waals surface area contributed by atoms with Crippen LogP contribution in [0, 0.1) is 0 Å². The van der Waals surface area contributed by atoms with Crippen molar-refractivity contribution in [2.75, 3.05) is 69.7 Å². The molecular weight excluding hydrogens is 454 g/mol. The maximum absolute atomic E-state index is 9.06. The first-order valence-electron chi connectivity index (χ1n) is 13.0. The zero-order chi connectivity index (χ0) is 24.9. The molecule has 36 heavy (non-hydrogen) atoms. The van der Waals surface area contributed by atoms with Crippen LogP contribution in [0.4, 0.5) is 17.2 Å². The number of likely N-dealkylation sites (N-methyl/N-ethyl adjacent to an activating group) is 1. The van der Waals surface area contributed by atoms with Gasteiger partial charge in [-0.05, 0) is 68.7 Å². The van der Waals surface area contributed by atoms with E-state index in [9.17, 15) is 0 Å². The van der Waals surface area contributed by atoms with Gasteiger partial charge in [0.1, 0.15) is 24.5 Å². The number of hydrogen-bond donors (Lipinski definition) is 1. The van der Waals surface area contributed by atoms with Crippen molar-refractivity contribution < 1.29 is 14.3 Å². The number of pyridine rings is 1. The summed E-state index contributed by atoms with van der Waals surface area (Å²) in [6.45, 7) is 11.9. The van der Waals surface area contributed by atoms with E-state index in [1.54, 1.807) is 0 Å². The molecule has 8 heteroatoms. The highest BCUT2D eigenvalue weighted by molar-refractivity contribution is 5.73. The van der Waals surface area contributed by atoms with Crippen LogP contribution in [0.3, 0.4) is 0 Å². The van der Waals surface area contributed by atoms with E-state index < -0.39 is 0 Å². The Morgan fingerprint density at radius 2 is 1.86 bits per heavy atom. The van der Waals surface area contributed by atoms with Crippen LogP contribution in [0.1, 0.15) is 29.9 Å². The van der Waals surface area contributed by atoms with Gasteiger partial charge in [-0.15, -0.1) is 0 Å². The Labute approximate surface area is 213 Å². The van der Waals surface area contributed by atoms with Crippen LogP contribution in [-0.2, 0) is 16.1 Å². The second-order valence-corrected chi connectivity index (χ2v) is 9.98. The molecule has 3 saturated heterocycles. The van der Waals surface area contributed by atoms with Crippen molar-refractivity contribution in [1.82, 2.24) is 14.8 Å². The van der Waals surface area contributed by atoms with Gasteiger partial charge in [0.15, 0.2) is 0 Å². The number of morpholine rings is 1. The van der Waals surface area contributed by atoms with Gasteiger partial charge in [-0.1, -0.05) is 12.6 Å². The number of hydrogen-bond acceptors (Lipinski definition) is 8. The van der Waals surface area contributed by atoms with E-state index in [2.05, 4.69) is 62.9 Å². The van der Waals surface area contributed by atoms with Crippen LogP contribution in [0.2, 0.25) is 0 Å². The van der Waals surface area contributed by atoms with Crippen LogP contribution in [0.5, 0.6) is 5.75 Å². The molecule has 192 valence electrons. The van der Waals surface area contributed by atoms with E-state index in [-0.39, 0.29) is 0 Å². The van der Waals surface area contributed by atoms with Crippen LogP contribution in [0.25, 0.3) is 0 Å². The second kappa shape index (κ2) is 11.4. The monoisotopic (exact) mass is 491 g/mol. The van der Waals surface area contributed by atoms with E-state index in [1.807, 2.05) is 6.20 Å². The largest absolute Gasteiger partial charge is 0.486 e. The molecule has 1 N–H and O–H groups in total. The van der Waals surface area contributed by atoms with Crippen molar-refractivity contribution >= 4 is 23.5 Å². The average Bonchev–Trinajstić information content (AvgIpc) is 3.11. The number of nitrogens with zero attached hydrogens (tertiary/aromatic N) is 4. The lowest BCUT2D eigenvalue weighted by Gasteiger charge is -2.46. The summed E-state index contributed by atoms with van der Waals surface area (Å²) < 4.78 is 11.9. The normalized spacial score (nSPS) is 20.9. The second-order valence-electron chi connectivity index (χ2n) is 9.98. The number of carbonyl (C=O) groups is 1. The van der Waals surface area contributed by atoms with Gasteiger partial charge in [-0.25, -0.2) is 4.98 Å². The van der Waals surface area contributed by atoms with Crippen molar-refractivity contribution in [3.05, 3.63) is 54.2 Å². The Hall–Kier alpha value is -2.94. The van der Waals surface area contributed by atoms with Gasteiger partial charge in [0, 0.05) is 44.1 Å². The molecule has 0 bridgehead atoms. The number of fused-ring (bicyclic) bond motifs is 2. The van der Waals surface area contributed by atoms with Gasteiger partial charge < -0.3 is 24.6 Å². The predicted octanol–water partition coefficient (Wildman–Crippen LogP) is 3.42. The molecule has 3 fully saturated rings. The minimum atomic E-state index is 0.535. The van der Waals surface area contributed by atoms with Crippen molar-refractivity contribution in [2.45, 2.75) is 31.4 Å². The van der Waals surface area contributed by atoms with E-state index in [1.165, 1.54) is 56.3 Å². The lowest BCUT2D eigenvalue weighted by molar-refractivity contribution is -0.104. The highest BCUT2D eigenvalue weighted by Crippen LogP contribution is 2.40. The molecule has 1 aromatic carbocycles. The molecule has 0 atom stereocenters. The average molecular weight is 492 g/mol. The molecule has 1 aromatic heterocycles. The summed E-state index contributed by atoms with van der Waals surface area (Å²) in [6, 6.07) is 9.59. The fraction of sp³-hybridized carbons (Fsp3) is 0.500. The number of piperidine rings is 1. The van der Waals surface area contributed by atoms with Crippen molar-refractivity contribution in [2.24, 2.45) is 0 Å². The molecule has 0 aliphatic carbocycles. The maximum Gasteiger partial charge on any atom is 0.143 e. The van der Waals surface area contributed by atoms with Crippen molar-refractivity contribution in [3.8, 4) is 5.75 Å². The highest BCUT2D eigenvalue weighted by atomic mass is 16.5. The number of carbonyl (C=O) groups excluding carboxylic acids is 1. The highest BCUT2D eigenvalue weighted by Gasteiger charge is 2.32. The van der Waals surface area contributed by atoms with Crippen LogP contribution in [0.15, 0.2) is 43.1 Å². The molecule has 6 rings (SSSR count). The standard InChI is InChI=1S/C25H33N5O2.C3H4O/c1-28-15-20(16-28)29-8-5-18(6-9-29)19-2-3-22-24(14-19)32-17-21-23(4-7-26-25(21)27-22)30-10-12-31-13-11-30;1-2-3-4/h2-4,7,14,18,20H,5-6,8-13,15-17H2,1H3,(H,26,27);2-3H,1H2. The maximum atomic E-state index is 9.06. The van der Waals surface area contributed by atoms with E-state index in [0.717, 1.165) is 55.2 Å². The lowest BCUT2D eigenvalue weighted by atomic mass is 9.88. The molecule has 0 unspecified atom stereocenters. The summed E-state index contributed by atoms with van der Waals surface area (Å²) in [5.74, 6) is 2.46. The van der Waals surface area contributed by atoms with Crippen LogP contribution >= 0.6 is 0 Å². The Morgan fingerprint density at radius 3 is 2.56 bits per heavy atom. The zero-order valence-electron chi connectivity index (χ0n) is 21.2. The number of likely N-dealkylation sites (tertiary alicyclic amines) is 2. The summed E-state index contributed by atoms with van der Waals surface area (Å²) in [6.07, 6.45) is 6.19. The van der Waals surface area contributed by atoms with Crippen LogP contribution in [-0.4, -0.2) is 86.6 Å².